The van der Waals surface area contributed by atoms with Crippen LogP contribution in [0.15, 0.2) is 28.7 Å². The fourth-order valence-corrected chi connectivity index (χ4v) is 1.30. The molecule has 0 heterocycles. The summed E-state index contributed by atoms with van der Waals surface area (Å²) in [5.41, 5.74) is 0.645. The Labute approximate surface area is 81.9 Å². The Morgan fingerprint density at radius 3 is 2.33 bits per heavy atom. The van der Waals surface area contributed by atoms with Gasteiger partial charge in [-0.3, -0.25) is 4.21 Å². The minimum atomic E-state index is -2.20. The molecule has 0 saturated carbocycles. The highest BCUT2D eigenvalue weighted by Crippen LogP contribution is 2.17. The Hall–Kier alpha value is -0.390. The molecule has 0 fully saturated rings. The monoisotopic (exact) mass is 248 g/mol. The van der Waals surface area contributed by atoms with E-state index in [2.05, 4.69) is 15.9 Å². The van der Waals surface area contributed by atoms with Crippen LogP contribution in [0.25, 0.3) is 0 Å². The standard InChI is InChI=1S/C7H8BrNO2S/c1-9(12(10)11)7-4-2-6(8)3-5-7/h2-5H,1H3,(H,10,11)/p-1. The average molecular weight is 249 g/mol. The molecule has 0 N–H and O–H groups in total. The molecular formula is C7H7BrNO2S-. The van der Waals surface area contributed by atoms with Crippen LogP contribution in [-0.4, -0.2) is 15.8 Å². The number of halogens is 1. The van der Waals surface area contributed by atoms with Crippen molar-refractivity contribution < 1.29 is 8.76 Å². The van der Waals surface area contributed by atoms with E-state index >= 15 is 0 Å². The van der Waals surface area contributed by atoms with Crippen molar-refractivity contribution in [2.24, 2.45) is 0 Å². The second-order valence-electron chi connectivity index (χ2n) is 2.19. The SMILES string of the molecule is CN(c1ccc(Br)cc1)S(=O)[O-]. The summed E-state index contributed by atoms with van der Waals surface area (Å²) in [4.78, 5) is 0. The molecule has 1 atom stereocenters. The first-order valence-corrected chi connectivity index (χ1v) is 5.02. The van der Waals surface area contributed by atoms with Crippen molar-refractivity contribution in [2.75, 3.05) is 11.4 Å². The first-order valence-electron chi connectivity index (χ1n) is 3.20. The molecule has 1 aromatic rings. The van der Waals surface area contributed by atoms with Crippen LogP contribution in [0.3, 0.4) is 0 Å². The molecule has 0 amide bonds. The first-order chi connectivity index (χ1) is 5.61. The third kappa shape index (κ3) is 2.30. The van der Waals surface area contributed by atoms with Gasteiger partial charge in [-0.25, -0.2) is 0 Å². The zero-order valence-electron chi connectivity index (χ0n) is 6.36. The molecule has 0 aliphatic rings. The minimum Gasteiger partial charge on any atom is -0.755 e. The number of benzene rings is 1. The second kappa shape index (κ2) is 4.02. The molecule has 3 nitrogen and oxygen atoms in total. The summed E-state index contributed by atoms with van der Waals surface area (Å²) in [6.45, 7) is 0. The Morgan fingerprint density at radius 1 is 1.42 bits per heavy atom. The van der Waals surface area contributed by atoms with E-state index in [1.54, 1.807) is 24.3 Å². The minimum absolute atomic E-state index is 0.645. The predicted octanol–water partition coefficient (Wildman–Crippen LogP) is 1.68. The largest absolute Gasteiger partial charge is 0.755 e. The van der Waals surface area contributed by atoms with Crippen LogP contribution in [0.1, 0.15) is 0 Å². The molecule has 0 saturated heterocycles. The van der Waals surface area contributed by atoms with Crippen molar-refractivity contribution in [3.63, 3.8) is 0 Å². The fraction of sp³-hybridized carbons (Fsp3) is 0.143. The Morgan fingerprint density at radius 2 is 1.92 bits per heavy atom. The van der Waals surface area contributed by atoms with Crippen LogP contribution in [0, 0.1) is 0 Å². The lowest BCUT2D eigenvalue weighted by Crippen LogP contribution is -2.19. The van der Waals surface area contributed by atoms with Gasteiger partial charge in [0.05, 0.1) is 0 Å². The molecule has 66 valence electrons. The third-order valence-electron chi connectivity index (χ3n) is 1.41. The molecule has 0 bridgehead atoms. The number of hydrogen-bond donors (Lipinski definition) is 0. The van der Waals surface area contributed by atoms with Crippen molar-refractivity contribution >= 4 is 32.9 Å². The molecule has 0 aromatic heterocycles. The fourth-order valence-electron chi connectivity index (χ4n) is 0.737. The van der Waals surface area contributed by atoms with Crippen molar-refractivity contribution in [3.8, 4) is 0 Å². The third-order valence-corrected chi connectivity index (χ3v) is 2.60. The van der Waals surface area contributed by atoms with Gasteiger partial charge in [0, 0.05) is 28.5 Å². The van der Waals surface area contributed by atoms with Crippen LogP contribution in [0.4, 0.5) is 5.69 Å². The highest BCUT2D eigenvalue weighted by molar-refractivity contribution is 9.10. The van der Waals surface area contributed by atoms with Gasteiger partial charge >= 0.3 is 0 Å². The molecule has 1 rings (SSSR count). The van der Waals surface area contributed by atoms with Gasteiger partial charge in [-0.05, 0) is 24.3 Å². The van der Waals surface area contributed by atoms with E-state index in [4.69, 9.17) is 0 Å². The highest BCUT2D eigenvalue weighted by atomic mass is 79.9. The first kappa shape index (κ1) is 9.70. The van der Waals surface area contributed by atoms with Gasteiger partial charge in [0.25, 0.3) is 0 Å². The zero-order valence-corrected chi connectivity index (χ0v) is 8.76. The molecular weight excluding hydrogens is 242 g/mol. The van der Waals surface area contributed by atoms with Gasteiger partial charge < -0.3 is 8.86 Å². The normalized spacial score (nSPS) is 12.6. The average Bonchev–Trinajstić information content (AvgIpc) is 2.04. The van der Waals surface area contributed by atoms with Gasteiger partial charge in [0.2, 0.25) is 0 Å². The van der Waals surface area contributed by atoms with E-state index in [0.717, 1.165) is 8.78 Å². The van der Waals surface area contributed by atoms with Crippen molar-refractivity contribution in [3.05, 3.63) is 28.7 Å². The Bertz CT molecular complexity index is 288. The second-order valence-corrected chi connectivity index (χ2v) is 4.09. The lowest BCUT2D eigenvalue weighted by Gasteiger charge is -2.20. The molecule has 0 aliphatic carbocycles. The van der Waals surface area contributed by atoms with E-state index in [1.165, 1.54) is 7.05 Å². The summed E-state index contributed by atoms with van der Waals surface area (Å²) in [7, 11) is 1.49. The number of rotatable bonds is 2. The number of nitrogens with zero attached hydrogens (tertiary/aromatic N) is 1. The highest BCUT2D eigenvalue weighted by Gasteiger charge is 1.98. The zero-order chi connectivity index (χ0) is 9.14. The Balaban J connectivity index is 2.89. The topological polar surface area (TPSA) is 43.4 Å². The lowest BCUT2D eigenvalue weighted by molar-refractivity contribution is 0.535. The van der Waals surface area contributed by atoms with Crippen LogP contribution < -0.4 is 4.31 Å². The van der Waals surface area contributed by atoms with Gasteiger partial charge in [0.15, 0.2) is 0 Å². The predicted molar refractivity (Wildman–Crippen MR) is 51.5 cm³/mol. The maximum absolute atomic E-state index is 10.5. The van der Waals surface area contributed by atoms with Crippen LogP contribution in [-0.2, 0) is 11.3 Å². The lowest BCUT2D eigenvalue weighted by atomic mass is 10.3. The molecule has 1 unspecified atom stereocenters. The van der Waals surface area contributed by atoms with E-state index < -0.39 is 11.3 Å². The van der Waals surface area contributed by atoms with Gasteiger partial charge in [-0.2, -0.15) is 0 Å². The summed E-state index contributed by atoms with van der Waals surface area (Å²) >= 11 is 1.06. The summed E-state index contributed by atoms with van der Waals surface area (Å²) in [5, 5.41) is 0. The molecule has 5 heteroatoms. The van der Waals surface area contributed by atoms with Gasteiger partial charge in [-0.15, -0.1) is 0 Å². The van der Waals surface area contributed by atoms with E-state index in [9.17, 15) is 8.76 Å². The van der Waals surface area contributed by atoms with E-state index in [0.29, 0.717) is 5.69 Å². The summed E-state index contributed by atoms with van der Waals surface area (Å²) in [6.07, 6.45) is 0. The molecule has 0 spiro atoms. The quantitative estimate of drug-likeness (QED) is 0.748. The number of anilines is 1. The summed E-state index contributed by atoms with van der Waals surface area (Å²) < 4.78 is 23.1. The summed E-state index contributed by atoms with van der Waals surface area (Å²) in [6, 6.07) is 7.02. The molecule has 0 radical (unpaired) electrons. The van der Waals surface area contributed by atoms with E-state index in [1.807, 2.05) is 0 Å². The molecule has 1 aromatic carbocycles. The van der Waals surface area contributed by atoms with Gasteiger partial charge in [-0.1, -0.05) is 15.9 Å². The van der Waals surface area contributed by atoms with Crippen molar-refractivity contribution in [1.82, 2.24) is 0 Å². The Kier molecular flexibility index (Phi) is 3.25. The van der Waals surface area contributed by atoms with Crippen LogP contribution >= 0.6 is 15.9 Å². The van der Waals surface area contributed by atoms with Gasteiger partial charge in [0.1, 0.15) is 0 Å². The smallest absolute Gasteiger partial charge is 0.0479 e. The molecule has 12 heavy (non-hydrogen) atoms. The van der Waals surface area contributed by atoms with Crippen LogP contribution in [0.2, 0.25) is 0 Å². The molecule has 0 aliphatic heterocycles. The number of hydrogen-bond acceptors (Lipinski definition) is 2. The maximum atomic E-state index is 10.5. The van der Waals surface area contributed by atoms with Crippen LogP contribution in [0.5, 0.6) is 0 Å². The van der Waals surface area contributed by atoms with Crippen molar-refractivity contribution in [1.29, 1.82) is 0 Å². The summed E-state index contributed by atoms with van der Waals surface area (Å²) in [5.74, 6) is 0. The maximum Gasteiger partial charge on any atom is 0.0479 e. The van der Waals surface area contributed by atoms with E-state index in [-0.39, 0.29) is 0 Å². The van der Waals surface area contributed by atoms with Crippen molar-refractivity contribution in [2.45, 2.75) is 0 Å².